The first-order valence-electron chi connectivity index (χ1n) is 8.19. The van der Waals surface area contributed by atoms with E-state index in [9.17, 15) is 14.4 Å². The third-order valence-electron chi connectivity index (χ3n) is 3.77. The Balaban J connectivity index is 1.59. The molecule has 1 saturated heterocycles. The first-order valence-corrected chi connectivity index (χ1v) is 10.1. The molecule has 1 aliphatic heterocycles. The van der Waals surface area contributed by atoms with E-state index in [0.717, 1.165) is 0 Å². The van der Waals surface area contributed by atoms with Gasteiger partial charge in [0.15, 0.2) is 0 Å². The van der Waals surface area contributed by atoms with Gasteiger partial charge in [-0.2, -0.15) is 0 Å². The quantitative estimate of drug-likeness (QED) is 0.301. The van der Waals surface area contributed by atoms with Crippen molar-refractivity contribution >= 4 is 15.9 Å². The van der Waals surface area contributed by atoms with E-state index in [2.05, 4.69) is 5.32 Å². The summed E-state index contributed by atoms with van der Waals surface area (Å²) in [7, 11) is 0. The molecule has 2 atom stereocenters. The molecule has 27 heavy (non-hydrogen) atoms. The molecule has 1 heterocycles. The average Bonchev–Trinajstić information content (AvgIpc) is 3.14. The van der Waals surface area contributed by atoms with Crippen molar-refractivity contribution in [2.75, 3.05) is 13.2 Å². The van der Waals surface area contributed by atoms with Gasteiger partial charge in [0.1, 0.15) is 0 Å². The van der Waals surface area contributed by atoms with Crippen molar-refractivity contribution < 1.29 is 48.5 Å². The van der Waals surface area contributed by atoms with E-state index in [-0.39, 0.29) is 17.0 Å². The van der Waals surface area contributed by atoms with Crippen LogP contribution < -0.4 is 26.9 Å². The molecule has 1 fully saturated rings. The Morgan fingerprint density at radius 2 is 1.70 bits per heavy atom. The molecule has 2 aromatic rings. The summed E-state index contributed by atoms with van der Waals surface area (Å²) in [6.07, 6.45) is -1.33. The average molecular weight is 482 g/mol. The summed E-state index contributed by atoms with van der Waals surface area (Å²) in [4.78, 5) is 35.8. The van der Waals surface area contributed by atoms with Crippen molar-refractivity contribution in [3.05, 3.63) is 71.8 Å². The zero-order valence-electron chi connectivity index (χ0n) is 14.2. The van der Waals surface area contributed by atoms with Crippen LogP contribution in [0.5, 0.6) is 0 Å². The molecule has 1 aliphatic rings. The van der Waals surface area contributed by atoms with Gasteiger partial charge in [-0.1, -0.05) is 0 Å². The van der Waals surface area contributed by atoms with Gasteiger partial charge in [-0.25, -0.2) is 0 Å². The third kappa shape index (κ3) is 5.51. The van der Waals surface area contributed by atoms with Crippen LogP contribution in [0.1, 0.15) is 20.7 Å². The molecule has 0 aliphatic carbocycles. The number of ether oxygens (including phenoxy) is 2. The fourth-order valence-corrected chi connectivity index (χ4v) is 3.80. The molecule has 0 aromatic heterocycles. The number of carbonyl (C=O) groups excluding carboxylic acids is 3. The van der Waals surface area contributed by atoms with E-state index in [1.807, 2.05) is 6.07 Å². The number of amides is 1. The number of cyclic esters (lactones) is 1. The summed E-state index contributed by atoms with van der Waals surface area (Å²) >= 11 is -1.24. The maximum absolute atomic E-state index is 12.3. The summed E-state index contributed by atoms with van der Waals surface area (Å²) in [5, 5.41) is 2.59. The number of carbonyl (C=O) groups is 3. The summed E-state index contributed by atoms with van der Waals surface area (Å²) in [5.74, 6) is -0.530. The summed E-state index contributed by atoms with van der Waals surface area (Å²) < 4.78 is 15.9. The minimum absolute atomic E-state index is 0.00126. The van der Waals surface area contributed by atoms with E-state index in [1.165, 1.54) is 0 Å². The summed E-state index contributed by atoms with van der Waals surface area (Å²) in [6, 6.07) is 16.8. The van der Waals surface area contributed by atoms with Gasteiger partial charge >= 0.3 is 167 Å². The second kappa shape index (κ2) is 9.47. The molecule has 8 heteroatoms. The minimum atomic E-state index is -1.24. The second-order valence-corrected chi connectivity index (χ2v) is 7.69. The van der Waals surface area contributed by atoms with Crippen LogP contribution >= 0.6 is 0 Å². The Hall–Kier alpha value is -2.46. The topological polar surface area (TPSA) is 90.9 Å². The third-order valence-corrected chi connectivity index (χ3v) is 5.46. The van der Waals surface area contributed by atoms with Crippen molar-refractivity contribution in [2.24, 2.45) is 0 Å². The first-order chi connectivity index (χ1) is 13.1. The van der Waals surface area contributed by atoms with Crippen LogP contribution in [0.25, 0.3) is 0 Å². The molecular weight excluding hydrogens is 465 g/mol. The molecule has 0 unspecified atom stereocenters. The number of halogens is 1. The second-order valence-electron chi connectivity index (χ2n) is 5.65. The van der Waals surface area contributed by atoms with Gasteiger partial charge < -0.3 is 0 Å². The molecule has 0 bridgehead atoms. The Morgan fingerprint density at radius 1 is 1.07 bits per heavy atom. The number of alkyl carbamates (subject to hydrolysis) is 1. The maximum atomic E-state index is 12.3. The van der Waals surface area contributed by atoms with Gasteiger partial charge in [0, 0.05) is 0 Å². The Kier molecular flexibility index (Phi) is 6.77. The van der Waals surface area contributed by atoms with Crippen LogP contribution in [0.3, 0.4) is 0 Å². The number of rotatable bonds is 8. The van der Waals surface area contributed by atoms with E-state index in [0.29, 0.717) is 11.1 Å². The number of hydrogen-bond donors (Lipinski definition) is 1. The predicted molar refractivity (Wildman–Crippen MR) is 90.6 cm³/mol. The zero-order chi connectivity index (χ0) is 19.1. The molecule has 2 aromatic carbocycles. The fourth-order valence-electron chi connectivity index (χ4n) is 2.37. The molecular formula is C19H17INO6-. The number of hydrogen-bond acceptors (Lipinski definition) is 6. The summed E-state index contributed by atoms with van der Waals surface area (Å²) in [6.45, 7) is 0.0681. The molecule has 142 valence electrons. The SMILES string of the molecule is O=C1N[C@@H]([C@@H](CO[I-]C(=O)c2ccccc2)OC(=O)c2ccccc2)CO1. The van der Waals surface area contributed by atoms with Gasteiger partial charge in [-0.15, -0.1) is 0 Å². The molecule has 7 nitrogen and oxygen atoms in total. The van der Waals surface area contributed by atoms with Crippen molar-refractivity contribution in [3.63, 3.8) is 0 Å². The van der Waals surface area contributed by atoms with Gasteiger partial charge in [-0.05, 0) is 0 Å². The van der Waals surface area contributed by atoms with Crippen LogP contribution in [0.4, 0.5) is 4.79 Å². The normalized spacial score (nSPS) is 17.0. The molecule has 1 N–H and O–H groups in total. The molecule has 0 spiro atoms. The van der Waals surface area contributed by atoms with Gasteiger partial charge in [0.2, 0.25) is 0 Å². The number of esters is 1. The van der Waals surface area contributed by atoms with Crippen LogP contribution in [0, 0.1) is 0 Å². The molecule has 0 saturated carbocycles. The molecule has 1 amide bonds. The van der Waals surface area contributed by atoms with Crippen molar-refractivity contribution in [1.82, 2.24) is 5.32 Å². The van der Waals surface area contributed by atoms with Crippen molar-refractivity contribution in [2.45, 2.75) is 12.1 Å². The molecule has 0 radical (unpaired) electrons. The van der Waals surface area contributed by atoms with Gasteiger partial charge in [-0.3, -0.25) is 0 Å². The van der Waals surface area contributed by atoms with Crippen LogP contribution in [0.15, 0.2) is 60.7 Å². The Labute approximate surface area is 166 Å². The monoisotopic (exact) mass is 482 g/mol. The van der Waals surface area contributed by atoms with Gasteiger partial charge in [0.25, 0.3) is 0 Å². The Morgan fingerprint density at radius 3 is 2.30 bits per heavy atom. The van der Waals surface area contributed by atoms with Crippen LogP contribution in [-0.2, 0) is 12.5 Å². The van der Waals surface area contributed by atoms with Crippen molar-refractivity contribution in [3.8, 4) is 0 Å². The Bertz CT molecular complexity index is 798. The van der Waals surface area contributed by atoms with Crippen molar-refractivity contribution in [1.29, 1.82) is 0 Å². The number of nitrogens with one attached hydrogen (secondary N) is 1. The van der Waals surface area contributed by atoms with Gasteiger partial charge in [0.05, 0.1) is 0 Å². The van der Waals surface area contributed by atoms with Crippen LogP contribution in [0.2, 0.25) is 0 Å². The fraction of sp³-hybridized carbons (Fsp3) is 0.211. The van der Waals surface area contributed by atoms with E-state index < -0.39 is 45.8 Å². The van der Waals surface area contributed by atoms with E-state index in [4.69, 9.17) is 12.5 Å². The predicted octanol–water partition coefficient (Wildman–Crippen LogP) is -0.819. The van der Waals surface area contributed by atoms with Crippen LogP contribution in [-0.4, -0.2) is 41.2 Å². The summed E-state index contributed by atoms with van der Waals surface area (Å²) in [5.41, 5.74) is 0.975. The molecule has 3 rings (SSSR count). The van der Waals surface area contributed by atoms with E-state index >= 15 is 0 Å². The standard InChI is InChI=1S/C19H17INO6/c22-17(13-7-3-1-4-8-13)20-26-12-16(15-11-25-19(24)21-15)27-18(23)14-9-5-2-6-10-14/h1-10,15-16H,11-12H2,(H,21,24)/q-1/t15-,16-/m1/s1. The zero-order valence-corrected chi connectivity index (χ0v) is 16.3. The number of benzene rings is 2. The van der Waals surface area contributed by atoms with E-state index in [1.54, 1.807) is 54.6 Å². The first kappa shape index (κ1) is 19.3.